The predicted molar refractivity (Wildman–Crippen MR) is 194 cm³/mol. The minimum absolute atomic E-state index is 0.0923. The minimum atomic E-state index is -6.99. The Morgan fingerprint density at radius 3 is 1.67 bits per heavy atom. The Balaban J connectivity index is 0.000000320. The molecule has 1 N–H and O–H groups in total. The van der Waals surface area contributed by atoms with Gasteiger partial charge in [0.05, 0.1) is 14.0 Å². The molecule has 54 heavy (non-hydrogen) atoms. The minimum Gasteiger partial charge on any atom is -0.437 e. The molecule has 0 radical (unpaired) electrons. The van der Waals surface area contributed by atoms with E-state index in [0.29, 0.717) is 5.75 Å². The summed E-state index contributed by atoms with van der Waals surface area (Å²) in [5.74, 6) is 0.883. The number of ether oxygens (including phenoxy) is 3. The summed E-state index contributed by atoms with van der Waals surface area (Å²) in [6, 6.07) is 25.7. The number of esters is 1. The van der Waals surface area contributed by atoms with Gasteiger partial charge in [-0.15, -0.1) is 0 Å². The standard InChI is InChI=1S/C18H14F6O6S3.C17H19O3S/c1-12(25)30-14-7-9-15(10-8-14)31-16(32(26,27)17(19,20)21,33(28,29)18(22,23)24)11-13-5-3-2-4-6-13;1-13-4-6-14(7-5-13)12-21(3)16-10-8-15(9-11-16)20-17(18)19-2/h2-10H,11H2,1H3;4-11H,12H2,1-3H3/q;+1/p+1. The van der Waals surface area contributed by atoms with E-state index in [1.54, 1.807) is 12.1 Å². The number of carbonyl (C=O) groups is 1. The summed E-state index contributed by atoms with van der Waals surface area (Å²) in [6.07, 6.45) is -0.127. The molecule has 0 aliphatic heterocycles. The zero-order valence-electron chi connectivity index (χ0n) is 28.8. The summed E-state index contributed by atoms with van der Waals surface area (Å²) in [4.78, 5) is 20.8. The number of aryl methyl sites for hydroxylation is 1. The predicted octanol–water partition coefficient (Wildman–Crippen LogP) is 8.39. The molecule has 0 amide bonds. The molecule has 0 spiro atoms. The van der Waals surface area contributed by atoms with E-state index < -0.39 is 74.9 Å². The van der Waals surface area contributed by atoms with E-state index in [9.17, 15) is 48.0 Å². The van der Waals surface area contributed by atoms with Crippen molar-refractivity contribution in [2.75, 3.05) is 13.4 Å². The molecule has 1 atom stereocenters. The molecule has 0 fully saturated rings. The lowest BCUT2D eigenvalue weighted by molar-refractivity contribution is -0.0477. The normalized spacial score (nSPS) is 12.9. The Hall–Kier alpha value is -4.20. The Morgan fingerprint density at radius 1 is 0.722 bits per heavy atom. The average molecular weight is 841 g/mol. The number of halogens is 6. The van der Waals surface area contributed by atoms with Gasteiger partial charge in [0.25, 0.3) is 19.7 Å². The van der Waals surface area contributed by atoms with Gasteiger partial charge in [0.15, 0.2) is 4.90 Å². The van der Waals surface area contributed by atoms with Gasteiger partial charge in [0, 0.05) is 39.9 Å². The molecule has 4 aromatic rings. The molecule has 9 nitrogen and oxygen atoms in total. The lowest BCUT2D eigenvalue weighted by Crippen LogP contribution is -2.55. The summed E-state index contributed by atoms with van der Waals surface area (Å²) in [7, 11) is -12.6. The third-order valence-electron chi connectivity index (χ3n) is 7.15. The second-order valence-corrected chi connectivity index (χ2v) is 19.7. The van der Waals surface area contributed by atoms with Crippen molar-refractivity contribution in [3.05, 3.63) is 120 Å². The van der Waals surface area contributed by atoms with E-state index in [2.05, 4.69) is 42.2 Å². The fourth-order valence-corrected chi connectivity index (χ4v) is 12.0. The highest BCUT2D eigenvalue weighted by Crippen LogP contribution is 2.54. The molecule has 4 aromatic carbocycles. The molecule has 1 unspecified atom stereocenters. The summed E-state index contributed by atoms with van der Waals surface area (Å²) >= 11 is -0.615. The number of carbonyl (C=O) groups excluding carboxylic acids is 2. The first-order chi connectivity index (χ1) is 25.0. The Kier molecular flexibility index (Phi) is 14.7. The van der Waals surface area contributed by atoms with Crippen molar-refractivity contribution in [1.82, 2.24) is 0 Å². The van der Waals surface area contributed by atoms with Crippen molar-refractivity contribution in [3.63, 3.8) is 0 Å². The molecule has 0 aromatic heterocycles. The number of benzene rings is 4. The van der Waals surface area contributed by atoms with E-state index in [1.807, 2.05) is 12.1 Å². The van der Waals surface area contributed by atoms with Gasteiger partial charge in [-0.1, -0.05) is 71.9 Å². The van der Waals surface area contributed by atoms with Crippen LogP contribution in [0.15, 0.2) is 113 Å². The molecular weight excluding hydrogens is 807 g/mol. The maximum absolute atomic E-state index is 13.6. The van der Waals surface area contributed by atoms with Crippen LogP contribution < -0.4 is 9.47 Å². The summed E-state index contributed by atoms with van der Waals surface area (Å²) < 4.78 is 141. The second kappa shape index (κ2) is 18.0. The van der Waals surface area contributed by atoms with Gasteiger partial charge in [0.1, 0.15) is 17.8 Å². The number of hydrogen-bond acceptors (Lipinski definition) is 9. The summed E-state index contributed by atoms with van der Waals surface area (Å²) in [6.45, 7) is 3.23. The van der Waals surface area contributed by atoms with Gasteiger partial charge in [0.2, 0.25) is 9.16 Å². The fourth-order valence-electron chi connectivity index (χ4n) is 4.50. The smallest absolute Gasteiger partial charge is 0.437 e. The van der Waals surface area contributed by atoms with Gasteiger partial charge in [-0.25, -0.2) is 21.6 Å². The van der Waals surface area contributed by atoms with Crippen LogP contribution in [-0.4, -0.2) is 61.5 Å². The highest BCUT2D eigenvalue weighted by Gasteiger charge is 2.73. The largest absolute Gasteiger partial charge is 0.513 e. The van der Waals surface area contributed by atoms with Crippen LogP contribution in [0.4, 0.5) is 31.1 Å². The number of thioether (sulfide) groups is 1. The van der Waals surface area contributed by atoms with E-state index >= 15 is 0 Å². The fraction of sp³-hybridized carbons (Fsp3) is 0.257. The van der Waals surface area contributed by atoms with Crippen LogP contribution in [0.1, 0.15) is 23.6 Å². The van der Waals surface area contributed by atoms with Crippen LogP contribution in [0.5, 0.6) is 11.5 Å². The zero-order valence-corrected chi connectivity index (χ0v) is 32.1. The number of alkyl halides is 6. The first kappa shape index (κ1) is 44.2. The number of hydrogen-bond donors (Lipinski definition) is 0. The van der Waals surface area contributed by atoms with Crippen molar-refractivity contribution >= 4 is 54.5 Å². The molecular formula is C35H34F6O9S4+2. The third kappa shape index (κ3) is 10.9. The first-order valence-electron chi connectivity index (χ1n) is 15.2. The molecule has 0 saturated carbocycles. The van der Waals surface area contributed by atoms with Gasteiger partial charge < -0.3 is 14.3 Å². The third-order valence-corrected chi connectivity index (χ3v) is 16.2. The van der Waals surface area contributed by atoms with Gasteiger partial charge in [-0.3, -0.25) is 4.74 Å². The Morgan fingerprint density at radius 2 is 1.20 bits per heavy atom. The zero-order chi connectivity index (χ0) is 40.5. The summed E-state index contributed by atoms with van der Waals surface area (Å²) in [5, 5.41) is 0. The van der Waals surface area contributed by atoms with Crippen molar-refractivity contribution in [2.24, 2.45) is 0 Å². The number of methoxy groups -OCH3 is 1. The van der Waals surface area contributed by atoms with E-state index in [0.717, 1.165) is 49.1 Å². The lowest BCUT2D eigenvalue weighted by atomic mass is 10.2. The highest BCUT2D eigenvalue weighted by atomic mass is 32.3. The van der Waals surface area contributed by atoms with Crippen molar-refractivity contribution < 1.29 is 67.0 Å². The van der Waals surface area contributed by atoms with Crippen LogP contribution >= 0.6 is 11.8 Å². The average Bonchev–Trinajstić information content (AvgIpc) is 3.09. The van der Waals surface area contributed by atoms with Crippen molar-refractivity contribution in [2.45, 2.75) is 50.2 Å². The lowest BCUT2D eigenvalue weighted by Gasteiger charge is -2.33. The van der Waals surface area contributed by atoms with Crippen LogP contribution in [0.25, 0.3) is 0 Å². The van der Waals surface area contributed by atoms with Crippen LogP contribution in [0.3, 0.4) is 0 Å². The molecule has 0 heterocycles. The highest BCUT2D eigenvalue weighted by molar-refractivity contribution is 8.29. The van der Waals surface area contributed by atoms with E-state index in [1.165, 1.54) is 41.3 Å². The molecule has 292 valence electrons. The van der Waals surface area contributed by atoms with Gasteiger partial charge in [-0.2, -0.15) is 26.3 Å². The molecule has 0 aliphatic carbocycles. The number of sulfone groups is 2. The van der Waals surface area contributed by atoms with Crippen molar-refractivity contribution in [1.29, 1.82) is 0 Å². The van der Waals surface area contributed by atoms with Gasteiger partial charge in [-0.05, 0) is 48.9 Å². The van der Waals surface area contributed by atoms with Crippen LogP contribution in [-0.2, 0) is 47.5 Å². The second-order valence-electron chi connectivity index (χ2n) is 11.2. The Bertz CT molecular complexity index is 2050. The molecule has 0 aliphatic rings. The molecule has 4 rings (SSSR count). The number of rotatable bonds is 11. The van der Waals surface area contributed by atoms with Crippen molar-refractivity contribution in [3.8, 4) is 11.5 Å². The maximum Gasteiger partial charge on any atom is 0.513 e. The first-order valence-corrected chi connectivity index (χ1v) is 20.8. The SMILES string of the molecule is CC(=[OH+])Oc1ccc(SC(Cc2ccccc2)(S(=O)(=O)C(F)(F)F)S(=O)(=O)C(F)(F)F)cc1.COC(=O)Oc1ccc([S+](C)Cc2ccc(C)cc2)cc1. The van der Waals surface area contributed by atoms with Crippen LogP contribution in [0, 0.1) is 6.92 Å². The molecule has 0 saturated heterocycles. The summed E-state index contributed by atoms with van der Waals surface area (Å²) in [5.41, 5.74) is -10.4. The van der Waals surface area contributed by atoms with Crippen LogP contribution in [0.2, 0.25) is 0 Å². The van der Waals surface area contributed by atoms with E-state index in [4.69, 9.17) is 14.3 Å². The molecule has 0 bridgehead atoms. The monoisotopic (exact) mass is 840 g/mol. The molecule has 19 heteroatoms. The topological polar surface area (TPSA) is 134 Å². The Labute approximate surface area is 315 Å². The quantitative estimate of drug-likeness (QED) is 0.0365. The van der Waals surface area contributed by atoms with Gasteiger partial charge >= 0.3 is 23.1 Å². The maximum atomic E-state index is 13.6. The van der Waals surface area contributed by atoms with E-state index in [-0.39, 0.29) is 16.6 Å².